The molecular weight excluding hydrogens is 237 g/mol. The highest BCUT2D eigenvalue weighted by Gasteiger charge is 2.07. The van der Waals surface area contributed by atoms with Gasteiger partial charge in [0.15, 0.2) is 5.82 Å². The maximum absolute atomic E-state index is 5.96. The topological polar surface area (TPSA) is 69.6 Å². The van der Waals surface area contributed by atoms with Crippen LogP contribution in [-0.2, 0) is 6.54 Å². The van der Waals surface area contributed by atoms with Crippen molar-refractivity contribution < 1.29 is 0 Å². The van der Waals surface area contributed by atoms with Crippen LogP contribution in [0.15, 0.2) is 18.2 Å². The maximum Gasteiger partial charge on any atom is 0.188 e. The molecule has 0 aliphatic rings. The summed E-state index contributed by atoms with van der Waals surface area (Å²) in [5.41, 5.74) is 5.95. The van der Waals surface area contributed by atoms with Gasteiger partial charge in [0.1, 0.15) is 5.69 Å². The van der Waals surface area contributed by atoms with Crippen molar-refractivity contribution in [1.29, 1.82) is 0 Å². The summed E-state index contributed by atoms with van der Waals surface area (Å²) in [7, 11) is 0. The molecule has 0 fully saturated rings. The predicted molar refractivity (Wildman–Crippen MR) is 57.1 cm³/mol. The Morgan fingerprint density at radius 1 is 1.33 bits per heavy atom. The quantitative estimate of drug-likeness (QED) is 0.867. The lowest BCUT2D eigenvalue weighted by atomic mass is 10.3. The van der Waals surface area contributed by atoms with Gasteiger partial charge < -0.3 is 5.73 Å². The predicted octanol–water partition coefficient (Wildman–Crippen LogP) is 1.43. The Hall–Kier alpha value is -1.17. The zero-order valence-electron chi connectivity index (χ0n) is 7.56. The monoisotopic (exact) mass is 243 g/mol. The Morgan fingerprint density at radius 3 is 2.80 bits per heavy atom. The summed E-state index contributed by atoms with van der Waals surface area (Å²) in [6.07, 6.45) is 0. The number of hydrogen-bond acceptors (Lipinski definition) is 4. The summed E-state index contributed by atoms with van der Waals surface area (Å²) < 4.78 is 0. The van der Waals surface area contributed by atoms with Crippen LogP contribution in [-0.4, -0.2) is 20.2 Å². The second-order valence-electron chi connectivity index (χ2n) is 2.79. The van der Waals surface area contributed by atoms with Crippen molar-refractivity contribution in [3.8, 4) is 5.69 Å². The lowest BCUT2D eigenvalue weighted by Crippen LogP contribution is -2.02. The van der Waals surface area contributed by atoms with Crippen LogP contribution in [0, 0.1) is 0 Å². The van der Waals surface area contributed by atoms with E-state index in [0.29, 0.717) is 21.6 Å². The molecule has 0 atom stereocenters. The number of nitrogens with zero attached hydrogens (tertiary/aromatic N) is 4. The Labute approximate surface area is 95.8 Å². The summed E-state index contributed by atoms with van der Waals surface area (Å²) in [5, 5.41) is 12.6. The molecule has 1 heterocycles. The van der Waals surface area contributed by atoms with Crippen LogP contribution in [0.3, 0.4) is 0 Å². The molecule has 5 nitrogen and oxygen atoms in total. The SMILES string of the molecule is NCc1nnn(-c2cc(Cl)ccc2Cl)n1. The Kier molecular flexibility index (Phi) is 2.86. The molecule has 0 unspecified atom stereocenters. The number of tetrazole rings is 1. The molecule has 1 aromatic heterocycles. The number of halogens is 2. The Balaban J connectivity index is 2.48. The van der Waals surface area contributed by atoms with Gasteiger partial charge in [0, 0.05) is 5.02 Å². The number of rotatable bonds is 2. The molecule has 2 aromatic rings. The summed E-state index contributed by atoms with van der Waals surface area (Å²) in [6.45, 7) is 0.234. The van der Waals surface area contributed by atoms with Gasteiger partial charge in [-0.15, -0.1) is 15.0 Å². The fraction of sp³-hybridized carbons (Fsp3) is 0.125. The minimum absolute atomic E-state index is 0.234. The Morgan fingerprint density at radius 2 is 2.13 bits per heavy atom. The lowest BCUT2D eigenvalue weighted by Gasteiger charge is -2.01. The average molecular weight is 244 g/mol. The van der Waals surface area contributed by atoms with Crippen LogP contribution in [0.25, 0.3) is 5.69 Å². The molecule has 0 amide bonds. The highest BCUT2D eigenvalue weighted by Crippen LogP contribution is 2.22. The molecule has 0 bridgehead atoms. The van der Waals surface area contributed by atoms with E-state index in [9.17, 15) is 0 Å². The van der Waals surface area contributed by atoms with Gasteiger partial charge in [-0.05, 0) is 23.4 Å². The second kappa shape index (κ2) is 4.14. The van der Waals surface area contributed by atoms with Crippen molar-refractivity contribution in [2.24, 2.45) is 5.73 Å². The molecule has 7 heteroatoms. The Bertz CT molecular complexity index is 482. The van der Waals surface area contributed by atoms with Crippen LogP contribution in [0.5, 0.6) is 0 Å². The van der Waals surface area contributed by atoms with Gasteiger partial charge in [0.05, 0.1) is 11.6 Å². The molecule has 0 saturated heterocycles. The van der Waals surface area contributed by atoms with Crippen molar-refractivity contribution in [2.45, 2.75) is 6.54 Å². The van der Waals surface area contributed by atoms with Gasteiger partial charge in [-0.25, -0.2) is 0 Å². The normalized spacial score (nSPS) is 10.6. The van der Waals surface area contributed by atoms with Gasteiger partial charge in [-0.2, -0.15) is 0 Å². The minimum atomic E-state index is 0.234. The van der Waals surface area contributed by atoms with E-state index >= 15 is 0 Å². The zero-order chi connectivity index (χ0) is 10.8. The van der Waals surface area contributed by atoms with Gasteiger partial charge >= 0.3 is 0 Å². The third kappa shape index (κ3) is 2.09. The van der Waals surface area contributed by atoms with E-state index in [4.69, 9.17) is 28.9 Å². The molecule has 0 radical (unpaired) electrons. The van der Waals surface area contributed by atoms with Crippen molar-refractivity contribution >= 4 is 23.2 Å². The van der Waals surface area contributed by atoms with Gasteiger partial charge in [0.25, 0.3) is 0 Å². The summed E-state index contributed by atoms with van der Waals surface area (Å²) >= 11 is 11.8. The van der Waals surface area contributed by atoms with E-state index in [1.165, 1.54) is 4.80 Å². The highest BCUT2D eigenvalue weighted by molar-refractivity contribution is 6.34. The van der Waals surface area contributed by atoms with Crippen LogP contribution in [0.1, 0.15) is 5.82 Å². The highest BCUT2D eigenvalue weighted by atomic mass is 35.5. The van der Waals surface area contributed by atoms with Gasteiger partial charge in [-0.3, -0.25) is 0 Å². The van der Waals surface area contributed by atoms with Gasteiger partial charge in [-0.1, -0.05) is 23.2 Å². The summed E-state index contributed by atoms with van der Waals surface area (Å²) in [4.78, 5) is 1.30. The van der Waals surface area contributed by atoms with E-state index in [2.05, 4.69) is 15.4 Å². The molecule has 0 aliphatic heterocycles. The van der Waals surface area contributed by atoms with E-state index in [-0.39, 0.29) is 6.54 Å². The smallest absolute Gasteiger partial charge is 0.188 e. The van der Waals surface area contributed by atoms with Gasteiger partial charge in [0.2, 0.25) is 0 Å². The third-order valence-electron chi connectivity index (χ3n) is 1.76. The summed E-state index contributed by atoms with van der Waals surface area (Å²) in [5.74, 6) is 0.450. The first-order valence-corrected chi connectivity index (χ1v) is 4.90. The van der Waals surface area contributed by atoms with E-state index < -0.39 is 0 Å². The average Bonchev–Trinajstić information content (AvgIpc) is 2.70. The van der Waals surface area contributed by atoms with E-state index in [0.717, 1.165) is 0 Å². The standard InChI is InChI=1S/C8H7Cl2N5/c9-5-1-2-6(10)7(3-5)15-13-8(4-11)12-14-15/h1-3H,4,11H2. The van der Waals surface area contributed by atoms with Crippen molar-refractivity contribution in [2.75, 3.05) is 0 Å². The first-order chi connectivity index (χ1) is 7.20. The van der Waals surface area contributed by atoms with E-state index in [1.807, 2.05) is 0 Å². The van der Waals surface area contributed by atoms with Crippen LogP contribution in [0.4, 0.5) is 0 Å². The van der Waals surface area contributed by atoms with Crippen LogP contribution in [0.2, 0.25) is 10.0 Å². The maximum atomic E-state index is 5.96. The minimum Gasteiger partial charge on any atom is -0.324 e. The molecular formula is C8H7Cl2N5. The molecule has 1 aromatic carbocycles. The fourth-order valence-electron chi connectivity index (χ4n) is 1.07. The van der Waals surface area contributed by atoms with Crippen molar-refractivity contribution in [3.05, 3.63) is 34.1 Å². The number of benzene rings is 1. The van der Waals surface area contributed by atoms with Crippen LogP contribution >= 0.6 is 23.2 Å². The third-order valence-corrected chi connectivity index (χ3v) is 2.32. The number of hydrogen-bond donors (Lipinski definition) is 1. The van der Waals surface area contributed by atoms with Crippen molar-refractivity contribution in [3.63, 3.8) is 0 Å². The second-order valence-corrected chi connectivity index (χ2v) is 3.64. The molecule has 78 valence electrons. The molecule has 0 aliphatic carbocycles. The fourth-order valence-corrected chi connectivity index (χ4v) is 1.43. The largest absolute Gasteiger partial charge is 0.324 e. The summed E-state index contributed by atoms with van der Waals surface area (Å²) in [6, 6.07) is 5.02. The number of aromatic nitrogens is 4. The zero-order valence-corrected chi connectivity index (χ0v) is 9.07. The molecule has 15 heavy (non-hydrogen) atoms. The molecule has 2 N–H and O–H groups in total. The van der Waals surface area contributed by atoms with Crippen LogP contribution < -0.4 is 5.73 Å². The first-order valence-electron chi connectivity index (χ1n) is 4.15. The molecule has 0 saturated carbocycles. The molecule has 0 spiro atoms. The number of nitrogens with two attached hydrogens (primary N) is 1. The van der Waals surface area contributed by atoms with E-state index in [1.54, 1.807) is 18.2 Å². The lowest BCUT2D eigenvalue weighted by molar-refractivity contribution is 0.717. The first kappa shape index (κ1) is 10.4. The van der Waals surface area contributed by atoms with Crippen molar-refractivity contribution in [1.82, 2.24) is 20.2 Å². The molecule has 2 rings (SSSR count).